The summed E-state index contributed by atoms with van der Waals surface area (Å²) in [7, 11) is 0. The van der Waals surface area contributed by atoms with Crippen LogP contribution < -0.4 is 5.32 Å². The molecule has 1 saturated carbocycles. The molecule has 6 rings (SSSR count). The molecule has 31 heavy (non-hydrogen) atoms. The van der Waals surface area contributed by atoms with Gasteiger partial charge >= 0.3 is 0 Å². The quantitative estimate of drug-likeness (QED) is 0.664. The fraction of sp³-hybridized carbons (Fsp3) is 0.455. The number of rotatable bonds is 5. The predicted octanol–water partition coefficient (Wildman–Crippen LogP) is 4.11. The number of halogens is 2. The van der Waals surface area contributed by atoms with Crippen LogP contribution in [0.5, 0.6) is 0 Å². The first-order chi connectivity index (χ1) is 14.9. The summed E-state index contributed by atoms with van der Waals surface area (Å²) in [5, 5.41) is 7.99. The molecule has 0 radical (unpaired) electrons. The first-order valence-electron chi connectivity index (χ1n) is 10.5. The van der Waals surface area contributed by atoms with Gasteiger partial charge in [-0.15, -0.1) is 5.10 Å². The van der Waals surface area contributed by atoms with E-state index in [9.17, 15) is 8.78 Å². The molecule has 0 aromatic carbocycles. The van der Waals surface area contributed by atoms with Gasteiger partial charge in [-0.1, -0.05) is 0 Å². The van der Waals surface area contributed by atoms with Gasteiger partial charge in [-0.05, 0) is 32.0 Å². The average Bonchev–Trinajstić information content (AvgIpc) is 3.12. The topological polar surface area (TPSA) is 76.7 Å². The van der Waals surface area contributed by atoms with E-state index in [0.717, 1.165) is 24.3 Å². The second-order valence-corrected chi connectivity index (χ2v) is 8.87. The zero-order valence-corrected chi connectivity index (χ0v) is 17.2. The minimum atomic E-state index is -2.43. The van der Waals surface area contributed by atoms with E-state index in [2.05, 4.69) is 20.4 Å². The first kappa shape index (κ1) is 18.8. The number of nitrogens with one attached hydrogen (secondary N) is 1. The van der Waals surface area contributed by atoms with Crippen LogP contribution in [0, 0.1) is 11.8 Å². The Labute approximate surface area is 179 Å². The lowest BCUT2D eigenvalue weighted by atomic mass is 9.80. The first-order valence-corrected chi connectivity index (χ1v) is 10.5. The van der Waals surface area contributed by atoms with Crippen LogP contribution in [0.1, 0.15) is 27.4 Å². The van der Waals surface area contributed by atoms with Crippen LogP contribution in [-0.2, 0) is 10.2 Å². The molecule has 2 unspecified atom stereocenters. The zero-order chi connectivity index (χ0) is 21.3. The third-order valence-corrected chi connectivity index (χ3v) is 6.99. The fourth-order valence-electron chi connectivity index (χ4n) is 4.91. The van der Waals surface area contributed by atoms with E-state index >= 15 is 0 Å². The Morgan fingerprint density at radius 1 is 1.29 bits per heavy atom. The molecular formula is C22H24F2N6O. The van der Waals surface area contributed by atoms with Crippen molar-refractivity contribution in [3.05, 3.63) is 36.3 Å². The lowest BCUT2D eigenvalue weighted by molar-refractivity contribution is 0.121. The Kier molecular flexibility index (Phi) is 3.96. The summed E-state index contributed by atoms with van der Waals surface area (Å²) >= 11 is 0. The maximum atomic E-state index is 13.3. The third kappa shape index (κ3) is 2.86. The number of pyridine rings is 1. The van der Waals surface area contributed by atoms with Gasteiger partial charge in [-0.25, -0.2) is 23.3 Å². The Balaban J connectivity index is 0.00000216. The highest BCUT2D eigenvalue weighted by Gasteiger charge is 2.54. The van der Waals surface area contributed by atoms with Crippen molar-refractivity contribution in [2.45, 2.75) is 38.2 Å². The van der Waals surface area contributed by atoms with Crippen molar-refractivity contribution in [1.82, 2.24) is 19.6 Å². The summed E-state index contributed by atoms with van der Waals surface area (Å²) in [6.45, 7) is 5.18. The third-order valence-electron chi connectivity index (χ3n) is 6.99. The van der Waals surface area contributed by atoms with Gasteiger partial charge in [0.15, 0.2) is 0 Å². The van der Waals surface area contributed by atoms with Crippen LogP contribution in [0.15, 0.2) is 35.6 Å². The summed E-state index contributed by atoms with van der Waals surface area (Å²) in [5.41, 5.74) is 3.43. The molecule has 2 fully saturated rings. The van der Waals surface area contributed by atoms with Crippen molar-refractivity contribution in [3.8, 4) is 11.3 Å². The van der Waals surface area contributed by atoms with Gasteiger partial charge < -0.3 is 10.1 Å². The van der Waals surface area contributed by atoms with Gasteiger partial charge in [0, 0.05) is 43.2 Å². The number of fused-ring (bicyclic) bond motifs is 3. The Morgan fingerprint density at radius 3 is 2.87 bits per heavy atom. The summed E-state index contributed by atoms with van der Waals surface area (Å²) in [4.78, 5) is 13.8. The van der Waals surface area contributed by atoms with Crippen LogP contribution in [0.25, 0.3) is 16.8 Å². The number of anilines is 1. The number of hydrogen-bond donors (Lipinski definition) is 1. The Bertz CT molecular complexity index is 1220. The van der Waals surface area contributed by atoms with Gasteiger partial charge in [-0.3, -0.25) is 4.99 Å². The van der Waals surface area contributed by atoms with Crippen molar-refractivity contribution in [2.75, 3.05) is 18.5 Å². The monoisotopic (exact) mass is 426 g/mol. The molecule has 162 valence electrons. The van der Waals surface area contributed by atoms with E-state index in [0.29, 0.717) is 46.6 Å². The Morgan fingerprint density at radius 2 is 2.10 bits per heavy atom. The molecule has 3 aromatic heterocycles. The van der Waals surface area contributed by atoms with Crippen molar-refractivity contribution >= 4 is 22.9 Å². The highest BCUT2D eigenvalue weighted by atomic mass is 19.3. The smallest absolute Gasteiger partial charge is 0.241 e. The minimum absolute atomic E-state index is 0. The second-order valence-electron chi connectivity index (χ2n) is 8.87. The van der Waals surface area contributed by atoms with Crippen molar-refractivity contribution in [3.63, 3.8) is 0 Å². The van der Waals surface area contributed by atoms with Gasteiger partial charge in [-0.2, -0.15) is 0 Å². The van der Waals surface area contributed by atoms with Gasteiger partial charge in [0.25, 0.3) is 0 Å². The Hall–Kier alpha value is -2.94. The van der Waals surface area contributed by atoms with Crippen molar-refractivity contribution in [1.29, 1.82) is 0 Å². The number of hydrogen-bond acceptors (Lipinski definition) is 6. The molecule has 5 heterocycles. The minimum Gasteiger partial charge on any atom is -0.381 e. The molecule has 4 atom stereocenters. The summed E-state index contributed by atoms with van der Waals surface area (Å²) < 4.78 is 33.7. The van der Waals surface area contributed by atoms with E-state index in [-0.39, 0.29) is 7.85 Å². The molecule has 0 amide bonds. The highest BCUT2D eigenvalue weighted by Crippen LogP contribution is 2.46. The molecule has 1 N–H and O–H groups in total. The molecule has 1 saturated heterocycles. The average molecular weight is 426 g/mol. The standard InChI is InChI=1S/C22H22F2N6O.H2/c1-11-22(2,7-18(23)24)20-16(26-11)4-3-15(27-20)12-5-6-30-17(12)8-25-21(29-30)28-19-13-9-31-10-14(13)19;/h3-6,8,13-14,18-19H,7,9-10H2,1-2H3,(H,28,29);1H/t13-,14+,19?,22?;. The SMILES string of the molecule is CC1=Nc2ccc(-c3ccn4nc(NC5[C@H]6COC[C@@H]56)ncc34)nc2C1(C)CC(F)F.[HH]. The van der Waals surface area contributed by atoms with Crippen LogP contribution in [-0.4, -0.2) is 51.0 Å². The summed E-state index contributed by atoms with van der Waals surface area (Å²) in [5.74, 6) is 1.70. The van der Waals surface area contributed by atoms with Crippen LogP contribution >= 0.6 is 0 Å². The maximum absolute atomic E-state index is 13.3. The molecule has 3 aromatic rings. The van der Waals surface area contributed by atoms with E-state index in [1.165, 1.54) is 0 Å². The molecular weight excluding hydrogens is 402 g/mol. The maximum Gasteiger partial charge on any atom is 0.241 e. The number of ether oxygens (including phenoxy) is 1. The predicted molar refractivity (Wildman–Crippen MR) is 114 cm³/mol. The lowest BCUT2D eigenvalue weighted by Crippen LogP contribution is -2.31. The van der Waals surface area contributed by atoms with Crippen LogP contribution in [0.4, 0.5) is 20.4 Å². The van der Waals surface area contributed by atoms with Gasteiger partial charge in [0.2, 0.25) is 12.4 Å². The molecule has 1 aliphatic carbocycles. The zero-order valence-electron chi connectivity index (χ0n) is 17.2. The van der Waals surface area contributed by atoms with Crippen molar-refractivity contribution in [2.24, 2.45) is 16.8 Å². The molecule has 0 spiro atoms. The second kappa shape index (κ2) is 6.53. The van der Waals surface area contributed by atoms with E-state index in [1.54, 1.807) is 24.6 Å². The molecule has 2 aliphatic heterocycles. The van der Waals surface area contributed by atoms with Crippen LogP contribution in [0.3, 0.4) is 0 Å². The number of aliphatic imine (C=N–C) groups is 1. The molecule has 3 aliphatic rings. The number of alkyl halides is 2. The largest absolute Gasteiger partial charge is 0.381 e. The van der Waals surface area contributed by atoms with Gasteiger partial charge in [0.05, 0.1) is 47.4 Å². The van der Waals surface area contributed by atoms with E-state index in [1.807, 2.05) is 24.4 Å². The highest BCUT2D eigenvalue weighted by molar-refractivity contribution is 5.99. The molecule has 9 heteroatoms. The fourth-order valence-corrected chi connectivity index (χ4v) is 4.91. The lowest BCUT2D eigenvalue weighted by Gasteiger charge is -2.24. The van der Waals surface area contributed by atoms with Crippen molar-refractivity contribution < 1.29 is 14.9 Å². The number of nitrogens with zero attached hydrogens (tertiary/aromatic N) is 5. The number of aromatic nitrogens is 4. The van der Waals surface area contributed by atoms with E-state index in [4.69, 9.17) is 9.72 Å². The van der Waals surface area contributed by atoms with Gasteiger partial charge in [0.1, 0.15) is 0 Å². The summed E-state index contributed by atoms with van der Waals surface area (Å²) in [6, 6.07) is 6.04. The summed E-state index contributed by atoms with van der Waals surface area (Å²) in [6.07, 6.45) is 0.908. The van der Waals surface area contributed by atoms with Crippen LogP contribution in [0.2, 0.25) is 0 Å². The van der Waals surface area contributed by atoms with E-state index < -0.39 is 11.8 Å². The normalized spacial score (nSPS) is 28.7. The molecule has 7 nitrogen and oxygen atoms in total. The molecule has 0 bridgehead atoms.